The van der Waals surface area contributed by atoms with Crippen LogP contribution in [0.3, 0.4) is 0 Å². The number of hydrogen-bond donors (Lipinski definition) is 1. The van der Waals surface area contributed by atoms with Crippen molar-refractivity contribution >= 4 is 0 Å². The van der Waals surface area contributed by atoms with Crippen LogP contribution in [-0.4, -0.2) is 19.9 Å². The largest absolute Gasteiger partial charge is 0.339 e. The third-order valence-electron chi connectivity index (χ3n) is 2.62. The zero-order valence-corrected chi connectivity index (χ0v) is 10.5. The Balaban J connectivity index is 2.30. The van der Waals surface area contributed by atoms with Crippen LogP contribution in [-0.2, 0) is 7.05 Å². The Bertz CT molecular complexity index is 514. The molecule has 2 rings (SSSR count). The average Bonchev–Trinajstić information content (AvgIpc) is 2.84. The fraction of sp³-hybridized carbons (Fsp3) is 0.545. The molecule has 0 amide bonds. The summed E-state index contributed by atoms with van der Waals surface area (Å²) in [7, 11) is 1.86. The molecule has 2 N–H and O–H groups in total. The smallest absolute Gasteiger partial charge is 0.229 e. The van der Waals surface area contributed by atoms with Gasteiger partial charge in [-0.25, -0.2) is 0 Å². The Kier molecular flexibility index (Phi) is 2.97. The second-order valence-electron chi connectivity index (χ2n) is 4.47. The number of rotatable bonds is 3. The molecule has 92 valence electrons. The van der Waals surface area contributed by atoms with Crippen molar-refractivity contribution in [3.63, 3.8) is 0 Å². The van der Waals surface area contributed by atoms with Crippen molar-refractivity contribution in [2.45, 2.75) is 32.7 Å². The third-order valence-corrected chi connectivity index (χ3v) is 2.62. The average molecular weight is 235 g/mol. The topological polar surface area (TPSA) is 82.8 Å². The number of aryl methyl sites for hydroxylation is 2. The lowest BCUT2D eigenvalue weighted by atomic mass is 10.1. The number of hydrogen-bond acceptors (Lipinski definition) is 5. The minimum Gasteiger partial charge on any atom is -0.339 e. The van der Waals surface area contributed by atoms with Gasteiger partial charge in [-0.1, -0.05) is 19.0 Å². The Hall–Kier alpha value is -1.69. The van der Waals surface area contributed by atoms with E-state index in [9.17, 15) is 0 Å². The fourth-order valence-corrected chi connectivity index (χ4v) is 1.67. The van der Waals surface area contributed by atoms with Gasteiger partial charge < -0.3 is 10.3 Å². The Labute approximate surface area is 99.8 Å². The van der Waals surface area contributed by atoms with E-state index in [1.54, 1.807) is 4.68 Å². The van der Waals surface area contributed by atoms with E-state index >= 15 is 0 Å². The molecular weight excluding hydrogens is 218 g/mol. The minimum absolute atomic E-state index is 0.207. The van der Waals surface area contributed by atoms with E-state index in [0.29, 0.717) is 11.7 Å². The van der Waals surface area contributed by atoms with E-state index < -0.39 is 0 Å². The highest BCUT2D eigenvalue weighted by Gasteiger charge is 2.20. The van der Waals surface area contributed by atoms with Crippen LogP contribution in [0.15, 0.2) is 10.7 Å². The summed E-state index contributed by atoms with van der Waals surface area (Å²) < 4.78 is 6.88. The maximum absolute atomic E-state index is 6.11. The number of nitrogens with zero attached hydrogens (tertiary/aromatic N) is 4. The Morgan fingerprint density at radius 2 is 2.12 bits per heavy atom. The molecule has 0 aliphatic heterocycles. The standard InChI is InChI=1S/C11H17N5O/c1-6(2)11-13-10(15-17-11)9(12)8-5-16(4)14-7(8)3/h5-6,9H,12H2,1-4H3. The molecule has 6 heteroatoms. The van der Waals surface area contributed by atoms with Crippen LogP contribution < -0.4 is 5.73 Å². The van der Waals surface area contributed by atoms with Crippen LogP contribution in [0.4, 0.5) is 0 Å². The Morgan fingerprint density at radius 3 is 2.59 bits per heavy atom. The molecule has 17 heavy (non-hydrogen) atoms. The second-order valence-corrected chi connectivity index (χ2v) is 4.47. The van der Waals surface area contributed by atoms with E-state index in [1.807, 2.05) is 34.0 Å². The van der Waals surface area contributed by atoms with Gasteiger partial charge in [-0.3, -0.25) is 4.68 Å². The normalized spacial score (nSPS) is 13.3. The van der Waals surface area contributed by atoms with E-state index in [1.165, 1.54) is 0 Å². The van der Waals surface area contributed by atoms with Gasteiger partial charge in [-0.15, -0.1) is 0 Å². The lowest BCUT2D eigenvalue weighted by Crippen LogP contribution is -2.14. The maximum Gasteiger partial charge on any atom is 0.229 e. The molecule has 0 fully saturated rings. The molecule has 0 spiro atoms. The molecule has 0 bridgehead atoms. The third kappa shape index (κ3) is 2.21. The van der Waals surface area contributed by atoms with Crippen LogP contribution in [0.2, 0.25) is 0 Å². The van der Waals surface area contributed by atoms with Crippen molar-refractivity contribution in [2.75, 3.05) is 0 Å². The second kappa shape index (κ2) is 4.29. The van der Waals surface area contributed by atoms with Crippen molar-refractivity contribution in [1.82, 2.24) is 19.9 Å². The highest BCUT2D eigenvalue weighted by molar-refractivity contribution is 5.25. The van der Waals surface area contributed by atoms with Gasteiger partial charge in [0.25, 0.3) is 0 Å². The van der Waals surface area contributed by atoms with E-state index in [4.69, 9.17) is 10.3 Å². The fourth-order valence-electron chi connectivity index (χ4n) is 1.67. The maximum atomic E-state index is 6.11. The van der Waals surface area contributed by atoms with Gasteiger partial charge in [0.2, 0.25) is 5.89 Å². The van der Waals surface area contributed by atoms with E-state index in [0.717, 1.165) is 11.3 Å². The molecule has 0 saturated heterocycles. The summed E-state index contributed by atoms with van der Waals surface area (Å²) in [5.74, 6) is 1.32. The van der Waals surface area contributed by atoms with Gasteiger partial charge in [-0.2, -0.15) is 10.1 Å². The van der Waals surface area contributed by atoms with E-state index in [-0.39, 0.29) is 12.0 Å². The molecule has 0 aromatic carbocycles. The lowest BCUT2D eigenvalue weighted by Gasteiger charge is -2.04. The predicted octanol–water partition coefficient (Wildman–Crippen LogP) is 1.28. The molecule has 2 aromatic rings. The molecule has 0 aliphatic carbocycles. The number of nitrogens with two attached hydrogens (primary N) is 1. The van der Waals surface area contributed by atoms with Crippen LogP contribution in [0.5, 0.6) is 0 Å². The van der Waals surface area contributed by atoms with Gasteiger partial charge in [0.05, 0.1) is 11.7 Å². The highest BCUT2D eigenvalue weighted by Crippen LogP contribution is 2.21. The summed E-state index contributed by atoms with van der Waals surface area (Å²) in [5.41, 5.74) is 7.91. The van der Waals surface area contributed by atoms with Gasteiger partial charge in [0, 0.05) is 24.7 Å². The summed E-state index contributed by atoms with van der Waals surface area (Å²) in [6.07, 6.45) is 1.88. The van der Waals surface area contributed by atoms with Crippen molar-refractivity contribution in [3.8, 4) is 0 Å². The van der Waals surface area contributed by atoms with Crippen LogP contribution >= 0.6 is 0 Å². The monoisotopic (exact) mass is 235 g/mol. The molecule has 2 heterocycles. The molecule has 0 radical (unpaired) electrons. The van der Waals surface area contributed by atoms with Crippen molar-refractivity contribution in [1.29, 1.82) is 0 Å². The molecule has 1 atom stereocenters. The zero-order valence-electron chi connectivity index (χ0n) is 10.5. The first kappa shape index (κ1) is 11.8. The molecule has 2 aromatic heterocycles. The van der Waals surface area contributed by atoms with Crippen LogP contribution in [0.1, 0.15) is 48.8 Å². The summed E-state index contributed by atoms with van der Waals surface area (Å²) in [6, 6.07) is -0.389. The first-order chi connectivity index (χ1) is 7.99. The van der Waals surface area contributed by atoms with Gasteiger partial charge >= 0.3 is 0 Å². The summed E-state index contributed by atoms with van der Waals surface area (Å²) in [4.78, 5) is 4.30. The highest BCUT2D eigenvalue weighted by atomic mass is 16.5. The molecule has 6 nitrogen and oxygen atoms in total. The van der Waals surface area contributed by atoms with Crippen molar-refractivity contribution in [3.05, 3.63) is 29.2 Å². The van der Waals surface area contributed by atoms with Gasteiger partial charge in [0.1, 0.15) is 0 Å². The van der Waals surface area contributed by atoms with Gasteiger partial charge in [-0.05, 0) is 6.92 Å². The first-order valence-corrected chi connectivity index (χ1v) is 5.58. The van der Waals surface area contributed by atoms with Gasteiger partial charge in [0.15, 0.2) is 5.82 Å². The quantitative estimate of drug-likeness (QED) is 0.866. The molecule has 0 aliphatic rings. The summed E-state index contributed by atoms with van der Waals surface area (Å²) >= 11 is 0. The predicted molar refractivity (Wildman–Crippen MR) is 62.4 cm³/mol. The van der Waals surface area contributed by atoms with Crippen LogP contribution in [0.25, 0.3) is 0 Å². The first-order valence-electron chi connectivity index (χ1n) is 5.58. The number of aromatic nitrogens is 4. The molecular formula is C11H17N5O. The Morgan fingerprint density at radius 1 is 1.41 bits per heavy atom. The van der Waals surface area contributed by atoms with Crippen molar-refractivity contribution in [2.24, 2.45) is 12.8 Å². The lowest BCUT2D eigenvalue weighted by molar-refractivity contribution is 0.359. The SMILES string of the molecule is Cc1nn(C)cc1C(N)c1noc(C(C)C)n1. The zero-order chi connectivity index (χ0) is 12.6. The van der Waals surface area contributed by atoms with Crippen molar-refractivity contribution < 1.29 is 4.52 Å². The molecule has 0 saturated carbocycles. The summed E-state index contributed by atoms with van der Waals surface area (Å²) in [6.45, 7) is 5.91. The summed E-state index contributed by atoms with van der Waals surface area (Å²) in [5, 5.41) is 8.17. The van der Waals surface area contributed by atoms with Crippen LogP contribution in [0, 0.1) is 6.92 Å². The van der Waals surface area contributed by atoms with E-state index in [2.05, 4.69) is 15.2 Å². The minimum atomic E-state index is -0.389. The molecule has 1 unspecified atom stereocenters.